The third-order valence-corrected chi connectivity index (χ3v) is 3.05. The summed E-state index contributed by atoms with van der Waals surface area (Å²) in [6.45, 7) is 0.476. The fraction of sp³-hybridized carbons (Fsp3) is 0.438. The number of methoxy groups -OCH3 is 2. The van der Waals surface area contributed by atoms with Gasteiger partial charge in [-0.05, 0) is 11.6 Å². The van der Waals surface area contributed by atoms with Gasteiger partial charge in [0.1, 0.15) is 12.6 Å². The van der Waals surface area contributed by atoms with Crippen molar-refractivity contribution in [2.75, 3.05) is 34.0 Å². The van der Waals surface area contributed by atoms with E-state index in [1.54, 1.807) is 24.3 Å². The fourth-order valence-electron chi connectivity index (χ4n) is 1.91. The molecule has 7 nitrogen and oxygen atoms in total. The van der Waals surface area contributed by atoms with Crippen molar-refractivity contribution in [1.82, 2.24) is 5.32 Å². The smallest absolute Gasteiger partial charge is 0.328 e. The second kappa shape index (κ2) is 10.3. The van der Waals surface area contributed by atoms with Gasteiger partial charge in [0.05, 0.1) is 32.0 Å². The van der Waals surface area contributed by atoms with E-state index in [0.717, 1.165) is 0 Å². The van der Waals surface area contributed by atoms with Crippen molar-refractivity contribution in [1.29, 1.82) is 5.26 Å². The Kier molecular flexibility index (Phi) is 8.36. The molecular weight excluding hydrogens is 300 g/mol. The number of hydrogen-bond donors (Lipinski definition) is 1. The number of nitriles is 1. The number of ether oxygens (including phenoxy) is 3. The quantitative estimate of drug-likeness (QED) is 0.523. The van der Waals surface area contributed by atoms with E-state index >= 15 is 0 Å². The van der Waals surface area contributed by atoms with E-state index < -0.39 is 17.9 Å². The van der Waals surface area contributed by atoms with Crippen LogP contribution in [0.15, 0.2) is 24.3 Å². The molecule has 0 spiro atoms. The molecule has 0 saturated carbocycles. The molecule has 0 saturated heterocycles. The summed E-state index contributed by atoms with van der Waals surface area (Å²) in [6, 6.07) is 8.06. The largest absolute Gasteiger partial charge is 0.467 e. The second-order valence-electron chi connectivity index (χ2n) is 4.66. The van der Waals surface area contributed by atoms with Crippen LogP contribution in [0.3, 0.4) is 0 Å². The van der Waals surface area contributed by atoms with Crippen LogP contribution in [-0.2, 0) is 30.2 Å². The summed E-state index contributed by atoms with van der Waals surface area (Å²) in [6.07, 6.45) is 0.167. The molecule has 7 heteroatoms. The Labute approximate surface area is 135 Å². The Morgan fingerprint density at radius 3 is 2.65 bits per heavy atom. The molecule has 0 fully saturated rings. The first-order valence-corrected chi connectivity index (χ1v) is 7.04. The standard InChI is InChI=1S/C16H20N2O5/c1-21-7-8-23-11-15(19)18-14(16(20)22-2)9-12-5-3-4-6-13(12)10-17/h3-6,14H,7-9,11H2,1-2H3,(H,18,19)/t14-/m1/s1. The SMILES string of the molecule is COCCOCC(=O)N[C@H](Cc1ccccc1C#N)C(=O)OC. The van der Waals surface area contributed by atoms with Crippen molar-refractivity contribution < 1.29 is 23.8 Å². The molecule has 0 aliphatic carbocycles. The molecule has 23 heavy (non-hydrogen) atoms. The van der Waals surface area contributed by atoms with Crippen molar-refractivity contribution >= 4 is 11.9 Å². The van der Waals surface area contributed by atoms with Crippen molar-refractivity contribution in [2.45, 2.75) is 12.5 Å². The summed E-state index contributed by atoms with van der Waals surface area (Å²) in [5.41, 5.74) is 1.11. The predicted octanol–water partition coefficient (Wildman–Crippen LogP) is 0.422. The van der Waals surface area contributed by atoms with E-state index in [1.165, 1.54) is 14.2 Å². The number of nitrogens with zero attached hydrogens (tertiary/aromatic N) is 1. The maximum absolute atomic E-state index is 11.8. The van der Waals surface area contributed by atoms with Gasteiger partial charge >= 0.3 is 5.97 Å². The van der Waals surface area contributed by atoms with Gasteiger partial charge in [0, 0.05) is 13.5 Å². The number of esters is 1. The van der Waals surface area contributed by atoms with Crippen LogP contribution in [0.5, 0.6) is 0 Å². The molecule has 1 aromatic carbocycles. The van der Waals surface area contributed by atoms with Gasteiger partial charge < -0.3 is 19.5 Å². The molecule has 1 atom stereocenters. The zero-order chi connectivity index (χ0) is 17.1. The summed E-state index contributed by atoms with van der Waals surface area (Å²) in [5.74, 6) is -1.02. The summed E-state index contributed by atoms with van der Waals surface area (Å²) in [7, 11) is 2.77. The van der Waals surface area contributed by atoms with Gasteiger partial charge in [-0.1, -0.05) is 18.2 Å². The molecule has 124 valence electrons. The molecule has 0 bridgehead atoms. The molecule has 1 aromatic rings. The monoisotopic (exact) mass is 320 g/mol. The van der Waals surface area contributed by atoms with E-state index in [4.69, 9.17) is 19.5 Å². The van der Waals surface area contributed by atoms with Gasteiger partial charge in [-0.15, -0.1) is 0 Å². The summed E-state index contributed by atoms with van der Waals surface area (Å²) in [4.78, 5) is 23.7. The molecular formula is C16H20N2O5. The summed E-state index contributed by atoms with van der Waals surface area (Å²) in [5, 5.41) is 11.6. The highest BCUT2D eigenvalue weighted by atomic mass is 16.5. The van der Waals surface area contributed by atoms with Gasteiger partial charge in [-0.2, -0.15) is 5.26 Å². The molecule has 0 radical (unpaired) electrons. The molecule has 1 rings (SSSR count). The van der Waals surface area contributed by atoms with Crippen LogP contribution in [0.2, 0.25) is 0 Å². The van der Waals surface area contributed by atoms with Crippen molar-refractivity contribution in [3.63, 3.8) is 0 Å². The van der Waals surface area contributed by atoms with Crippen LogP contribution in [-0.4, -0.2) is 52.0 Å². The highest BCUT2D eigenvalue weighted by Crippen LogP contribution is 2.11. The van der Waals surface area contributed by atoms with Crippen LogP contribution in [0.25, 0.3) is 0 Å². The number of amides is 1. The van der Waals surface area contributed by atoms with Gasteiger partial charge in [0.25, 0.3) is 0 Å². The lowest BCUT2D eigenvalue weighted by Gasteiger charge is -2.17. The average molecular weight is 320 g/mol. The van der Waals surface area contributed by atoms with Gasteiger partial charge in [-0.25, -0.2) is 4.79 Å². The molecule has 0 heterocycles. The number of rotatable bonds is 9. The molecule has 0 aliphatic heterocycles. The summed E-state index contributed by atoms with van der Waals surface area (Å²) >= 11 is 0. The number of nitrogens with one attached hydrogen (secondary N) is 1. The third-order valence-electron chi connectivity index (χ3n) is 3.05. The fourth-order valence-corrected chi connectivity index (χ4v) is 1.91. The highest BCUT2D eigenvalue weighted by molar-refractivity contribution is 5.85. The third kappa shape index (κ3) is 6.46. The normalized spacial score (nSPS) is 11.3. The predicted molar refractivity (Wildman–Crippen MR) is 81.5 cm³/mol. The molecule has 1 N–H and O–H groups in total. The molecule has 0 unspecified atom stereocenters. The van der Waals surface area contributed by atoms with Crippen LogP contribution in [0.1, 0.15) is 11.1 Å². The van der Waals surface area contributed by atoms with Gasteiger partial charge in [-0.3, -0.25) is 4.79 Å². The number of carbonyl (C=O) groups excluding carboxylic acids is 2. The van der Waals surface area contributed by atoms with Crippen molar-refractivity contribution in [3.05, 3.63) is 35.4 Å². The lowest BCUT2D eigenvalue weighted by molar-refractivity contribution is -0.145. The number of hydrogen-bond acceptors (Lipinski definition) is 6. The van der Waals surface area contributed by atoms with Crippen LogP contribution in [0, 0.1) is 11.3 Å². The Bertz CT molecular complexity index is 568. The van der Waals surface area contributed by atoms with Gasteiger partial charge in [0.2, 0.25) is 5.91 Å². The minimum absolute atomic E-state index is 0.167. The Morgan fingerprint density at radius 2 is 2.00 bits per heavy atom. The first-order valence-electron chi connectivity index (χ1n) is 7.04. The first-order chi connectivity index (χ1) is 11.1. The van der Waals surface area contributed by atoms with E-state index in [0.29, 0.717) is 17.7 Å². The first kappa shape index (κ1) is 18.6. The van der Waals surface area contributed by atoms with Crippen LogP contribution < -0.4 is 5.32 Å². The lowest BCUT2D eigenvalue weighted by Crippen LogP contribution is -2.44. The summed E-state index contributed by atoms with van der Waals surface area (Å²) < 4.78 is 14.6. The van der Waals surface area contributed by atoms with Crippen molar-refractivity contribution in [2.24, 2.45) is 0 Å². The number of carbonyl (C=O) groups is 2. The van der Waals surface area contributed by atoms with Crippen LogP contribution in [0.4, 0.5) is 0 Å². The van der Waals surface area contributed by atoms with E-state index in [2.05, 4.69) is 11.4 Å². The highest BCUT2D eigenvalue weighted by Gasteiger charge is 2.23. The maximum Gasteiger partial charge on any atom is 0.328 e. The lowest BCUT2D eigenvalue weighted by atomic mass is 10.0. The molecule has 0 aromatic heterocycles. The topological polar surface area (TPSA) is 97.6 Å². The van der Waals surface area contributed by atoms with Crippen molar-refractivity contribution in [3.8, 4) is 6.07 Å². The minimum atomic E-state index is -0.881. The Hall–Kier alpha value is -2.43. The molecule has 1 amide bonds. The minimum Gasteiger partial charge on any atom is -0.467 e. The second-order valence-corrected chi connectivity index (χ2v) is 4.66. The van der Waals surface area contributed by atoms with Gasteiger partial charge in [0.15, 0.2) is 0 Å². The zero-order valence-electron chi connectivity index (χ0n) is 13.2. The molecule has 0 aliphatic rings. The van der Waals surface area contributed by atoms with Crippen LogP contribution >= 0.6 is 0 Å². The zero-order valence-corrected chi connectivity index (χ0v) is 13.2. The Morgan fingerprint density at radius 1 is 1.26 bits per heavy atom. The van der Waals surface area contributed by atoms with E-state index in [1.807, 2.05) is 0 Å². The van der Waals surface area contributed by atoms with E-state index in [-0.39, 0.29) is 19.6 Å². The Balaban J connectivity index is 2.68. The number of benzene rings is 1. The average Bonchev–Trinajstić information content (AvgIpc) is 2.57. The maximum atomic E-state index is 11.8. The van der Waals surface area contributed by atoms with E-state index in [9.17, 15) is 9.59 Å².